The number of hydrogen-bond donors (Lipinski definition) is 2. The minimum atomic E-state index is -4.78. The van der Waals surface area contributed by atoms with Crippen LogP contribution in [0.1, 0.15) is 19.8 Å². The molecule has 1 atom stereocenters. The van der Waals surface area contributed by atoms with Crippen LogP contribution in [-0.2, 0) is 9.59 Å². The molecule has 28 heavy (non-hydrogen) atoms. The number of amides is 2. The smallest absolute Gasteiger partial charge is 0.406 e. The average Bonchev–Trinajstić information content (AvgIpc) is 3.24. The number of likely N-dealkylation sites (N-methyl/N-ethyl adjacent to an activating group) is 1. The van der Waals surface area contributed by atoms with Crippen LogP contribution in [0.3, 0.4) is 0 Å². The minimum Gasteiger partial charge on any atom is -0.406 e. The van der Waals surface area contributed by atoms with Gasteiger partial charge in [-0.15, -0.1) is 13.2 Å². The van der Waals surface area contributed by atoms with Crippen LogP contribution in [0.15, 0.2) is 18.2 Å². The molecule has 7 nitrogen and oxygen atoms in total. The Labute approximate surface area is 162 Å². The van der Waals surface area contributed by atoms with Gasteiger partial charge in [0.25, 0.3) is 0 Å². The Morgan fingerprint density at radius 3 is 2.89 bits per heavy atom. The number of hydrogen-bond acceptors (Lipinski definition) is 6. The maximum atomic E-state index is 12.6. The number of likely N-dealkylation sites (tertiary alicyclic amines) is 1. The number of carbonyl (C=O) groups is 2. The molecule has 0 unspecified atom stereocenters. The van der Waals surface area contributed by atoms with Gasteiger partial charge < -0.3 is 20.3 Å². The Kier molecular flexibility index (Phi) is 6.04. The third-order valence-electron chi connectivity index (χ3n) is 4.23. The van der Waals surface area contributed by atoms with E-state index in [1.807, 2.05) is 6.92 Å². The zero-order valence-electron chi connectivity index (χ0n) is 15.0. The van der Waals surface area contributed by atoms with Gasteiger partial charge in [0.15, 0.2) is 5.13 Å². The van der Waals surface area contributed by atoms with Crippen molar-refractivity contribution >= 4 is 38.5 Å². The van der Waals surface area contributed by atoms with Gasteiger partial charge in [-0.1, -0.05) is 18.3 Å². The number of thiazole rings is 1. The van der Waals surface area contributed by atoms with E-state index in [9.17, 15) is 22.8 Å². The molecule has 1 aliphatic rings. The van der Waals surface area contributed by atoms with Crippen LogP contribution in [0.25, 0.3) is 10.2 Å². The first-order valence-electron chi connectivity index (χ1n) is 8.74. The molecule has 1 aromatic heterocycles. The van der Waals surface area contributed by atoms with E-state index in [1.165, 1.54) is 18.2 Å². The van der Waals surface area contributed by atoms with Gasteiger partial charge in [-0.05, 0) is 31.5 Å². The predicted octanol–water partition coefficient (Wildman–Crippen LogP) is 2.73. The lowest BCUT2D eigenvalue weighted by atomic mass is 10.2. The molecular weight excluding hydrogens is 397 g/mol. The molecule has 2 aromatic rings. The zero-order chi connectivity index (χ0) is 20.3. The lowest BCUT2D eigenvalue weighted by molar-refractivity contribution is -0.274. The van der Waals surface area contributed by atoms with Gasteiger partial charge in [0.1, 0.15) is 11.8 Å². The summed E-state index contributed by atoms with van der Waals surface area (Å²) >= 11 is 1.04. The molecule has 2 heterocycles. The second kappa shape index (κ2) is 8.31. The Morgan fingerprint density at radius 1 is 1.39 bits per heavy atom. The molecule has 2 N–H and O–H groups in total. The second-order valence-electron chi connectivity index (χ2n) is 6.21. The Morgan fingerprint density at radius 2 is 2.18 bits per heavy atom. The molecule has 1 aromatic carbocycles. The number of anilines is 1. The first kappa shape index (κ1) is 20.3. The summed E-state index contributed by atoms with van der Waals surface area (Å²) in [5, 5.41) is 5.88. The van der Waals surface area contributed by atoms with Crippen LogP contribution in [0, 0.1) is 0 Å². The summed E-state index contributed by atoms with van der Waals surface area (Å²) in [6.45, 7) is 3.23. The predicted molar refractivity (Wildman–Crippen MR) is 98.2 cm³/mol. The third-order valence-corrected chi connectivity index (χ3v) is 5.16. The topological polar surface area (TPSA) is 83.6 Å². The zero-order valence-corrected chi connectivity index (χ0v) is 15.8. The lowest BCUT2D eigenvalue weighted by Crippen LogP contribution is -2.46. The Bertz CT molecular complexity index is 871. The molecule has 1 saturated heterocycles. The highest BCUT2D eigenvalue weighted by Crippen LogP contribution is 2.32. The number of carbonyl (C=O) groups excluding carboxylic acids is 2. The number of fused-ring (bicyclic) bond motifs is 1. The van der Waals surface area contributed by atoms with E-state index in [1.54, 1.807) is 4.90 Å². The molecule has 0 aliphatic carbocycles. The molecular formula is C17H19F3N4O3S. The SMILES string of the molecule is CCNCC(=O)N1CCC[C@@H]1C(=O)Nc1nc2ccc(OC(F)(F)F)cc2s1. The third kappa shape index (κ3) is 4.90. The van der Waals surface area contributed by atoms with E-state index in [-0.39, 0.29) is 29.2 Å². The second-order valence-corrected chi connectivity index (χ2v) is 7.24. The van der Waals surface area contributed by atoms with Gasteiger partial charge in [-0.3, -0.25) is 9.59 Å². The van der Waals surface area contributed by atoms with Crippen LogP contribution in [-0.4, -0.2) is 53.7 Å². The fraction of sp³-hybridized carbons (Fsp3) is 0.471. The van der Waals surface area contributed by atoms with Crippen molar-refractivity contribution in [3.05, 3.63) is 18.2 Å². The molecule has 2 amide bonds. The van der Waals surface area contributed by atoms with Gasteiger partial charge in [-0.25, -0.2) is 4.98 Å². The highest BCUT2D eigenvalue weighted by molar-refractivity contribution is 7.22. The first-order valence-corrected chi connectivity index (χ1v) is 9.56. The van der Waals surface area contributed by atoms with Gasteiger partial charge in [0, 0.05) is 12.6 Å². The normalized spacial score (nSPS) is 17.1. The molecule has 1 aliphatic heterocycles. The van der Waals surface area contributed by atoms with Crippen molar-refractivity contribution in [1.29, 1.82) is 0 Å². The molecule has 152 valence electrons. The summed E-state index contributed by atoms with van der Waals surface area (Å²) in [5.74, 6) is -0.844. The molecule has 3 rings (SSSR count). The van der Waals surface area contributed by atoms with Gasteiger partial charge in [-0.2, -0.15) is 0 Å². The van der Waals surface area contributed by atoms with Crippen molar-refractivity contribution in [2.75, 3.05) is 25.0 Å². The van der Waals surface area contributed by atoms with Crippen molar-refractivity contribution in [1.82, 2.24) is 15.2 Å². The van der Waals surface area contributed by atoms with Crippen LogP contribution < -0.4 is 15.4 Å². The molecule has 1 fully saturated rings. The van der Waals surface area contributed by atoms with E-state index in [2.05, 4.69) is 20.4 Å². The Hall–Kier alpha value is -2.40. The van der Waals surface area contributed by atoms with Crippen LogP contribution >= 0.6 is 11.3 Å². The fourth-order valence-electron chi connectivity index (χ4n) is 3.02. The van der Waals surface area contributed by atoms with E-state index in [4.69, 9.17) is 0 Å². The van der Waals surface area contributed by atoms with Crippen LogP contribution in [0.5, 0.6) is 5.75 Å². The van der Waals surface area contributed by atoms with Crippen molar-refractivity contribution in [2.24, 2.45) is 0 Å². The van der Waals surface area contributed by atoms with E-state index in [0.717, 1.165) is 17.8 Å². The number of alkyl halides is 3. The first-order chi connectivity index (χ1) is 13.3. The number of ether oxygens (including phenoxy) is 1. The van der Waals surface area contributed by atoms with Gasteiger partial charge in [0.2, 0.25) is 11.8 Å². The summed E-state index contributed by atoms with van der Waals surface area (Å²) in [7, 11) is 0. The Balaban J connectivity index is 1.69. The van der Waals surface area contributed by atoms with E-state index in [0.29, 0.717) is 29.7 Å². The van der Waals surface area contributed by atoms with Crippen LogP contribution in [0.4, 0.5) is 18.3 Å². The summed E-state index contributed by atoms with van der Waals surface area (Å²) in [6, 6.07) is 3.20. The monoisotopic (exact) mass is 416 g/mol. The van der Waals surface area contributed by atoms with Crippen molar-refractivity contribution in [2.45, 2.75) is 32.2 Å². The van der Waals surface area contributed by atoms with Gasteiger partial charge >= 0.3 is 6.36 Å². The van der Waals surface area contributed by atoms with E-state index < -0.39 is 12.4 Å². The highest BCUT2D eigenvalue weighted by atomic mass is 32.1. The van der Waals surface area contributed by atoms with Crippen molar-refractivity contribution in [3.8, 4) is 5.75 Å². The molecule has 0 radical (unpaired) electrons. The summed E-state index contributed by atoms with van der Waals surface area (Å²) < 4.78 is 41.4. The largest absolute Gasteiger partial charge is 0.573 e. The minimum absolute atomic E-state index is 0.141. The lowest BCUT2D eigenvalue weighted by Gasteiger charge is -2.23. The summed E-state index contributed by atoms with van der Waals surface area (Å²) in [4.78, 5) is 30.6. The fourth-order valence-corrected chi connectivity index (χ4v) is 3.91. The summed E-state index contributed by atoms with van der Waals surface area (Å²) in [6.07, 6.45) is -3.49. The standard InChI is InChI=1S/C17H19F3N4O3S/c1-2-21-9-14(25)24-7-3-4-12(24)15(26)23-16-22-11-6-5-10(8-13(11)28-16)27-17(18,19)20/h5-6,8,12,21H,2-4,7,9H2,1H3,(H,22,23,26)/t12-/m1/s1. The molecule has 0 saturated carbocycles. The quantitative estimate of drug-likeness (QED) is 0.757. The van der Waals surface area contributed by atoms with Crippen molar-refractivity contribution in [3.63, 3.8) is 0 Å². The number of nitrogens with zero attached hydrogens (tertiary/aromatic N) is 2. The molecule has 0 spiro atoms. The number of benzene rings is 1. The number of nitrogens with one attached hydrogen (secondary N) is 2. The van der Waals surface area contributed by atoms with Crippen molar-refractivity contribution < 1.29 is 27.5 Å². The maximum Gasteiger partial charge on any atom is 0.573 e. The number of halogens is 3. The highest BCUT2D eigenvalue weighted by Gasteiger charge is 2.34. The van der Waals surface area contributed by atoms with Crippen LogP contribution in [0.2, 0.25) is 0 Å². The molecule has 0 bridgehead atoms. The van der Waals surface area contributed by atoms with Gasteiger partial charge in [0.05, 0.1) is 16.8 Å². The summed E-state index contributed by atoms with van der Waals surface area (Å²) in [5.41, 5.74) is 0.446. The maximum absolute atomic E-state index is 12.6. The number of rotatable bonds is 6. The number of aromatic nitrogens is 1. The van der Waals surface area contributed by atoms with E-state index >= 15 is 0 Å². The average molecular weight is 416 g/mol. The molecule has 11 heteroatoms.